The Kier molecular flexibility index (Phi) is 21.9. The van der Waals surface area contributed by atoms with E-state index in [0.29, 0.717) is 25.1 Å². The van der Waals surface area contributed by atoms with E-state index >= 15 is 0 Å². The molecule has 1 aromatic carbocycles. The van der Waals surface area contributed by atoms with Gasteiger partial charge in [-0.25, -0.2) is 4.39 Å². The van der Waals surface area contributed by atoms with Crippen molar-refractivity contribution >= 4 is 46.1 Å². The minimum atomic E-state index is -1.96. The predicted octanol–water partition coefficient (Wildman–Crippen LogP) is 4.82. The van der Waals surface area contributed by atoms with Gasteiger partial charge in [0, 0.05) is 77.2 Å². The largest absolute Gasteiger partial charge is 0.448 e. The number of alkyl halides is 2. The fourth-order valence-electron chi connectivity index (χ4n) is 12.1. The van der Waals surface area contributed by atoms with Gasteiger partial charge in [0.05, 0.1) is 53.7 Å². The first-order valence-electron chi connectivity index (χ1n) is 26.4. The highest BCUT2D eigenvalue weighted by Gasteiger charge is 2.56. The number of carbonyl (C=O) groups excluding carboxylic acids is 3. The lowest BCUT2D eigenvalue weighted by molar-refractivity contribution is -0.304. The Morgan fingerprint density at radius 3 is 2.14 bits per heavy atom. The second kappa shape index (κ2) is 26.0. The fourth-order valence-corrected chi connectivity index (χ4v) is 12.8. The molecule has 0 aromatic heterocycles. The molecule has 0 aliphatic carbocycles. The molecule has 18 nitrogen and oxygen atoms in total. The number of likely N-dealkylation sites (tertiary alicyclic amines) is 1. The van der Waals surface area contributed by atoms with Gasteiger partial charge in [0.15, 0.2) is 10.4 Å². The van der Waals surface area contributed by atoms with Crippen molar-refractivity contribution in [2.45, 2.75) is 202 Å². The maximum atomic E-state index is 14.5. The summed E-state index contributed by atoms with van der Waals surface area (Å²) in [7, 11) is 4.79. The molecule has 4 aliphatic heterocycles. The third-order valence-electron chi connectivity index (χ3n) is 17.3. The number of methoxy groups -OCH3 is 2. The highest BCUT2D eigenvalue weighted by atomic mass is 127. The minimum absolute atomic E-state index is 0.0589. The number of carbonyl (C=O) groups is 3. The highest BCUT2D eigenvalue weighted by Crippen LogP contribution is 2.46. The molecule has 0 bridgehead atoms. The quantitative estimate of drug-likeness (QED) is 0.0750. The van der Waals surface area contributed by atoms with Crippen LogP contribution in [0.3, 0.4) is 0 Å². The van der Waals surface area contributed by atoms with Gasteiger partial charge in [-0.05, 0) is 119 Å². The summed E-state index contributed by atoms with van der Waals surface area (Å²) in [5.74, 6) is -4.70. The monoisotopic (exact) mass is 1160 g/mol. The summed E-state index contributed by atoms with van der Waals surface area (Å²) in [4.78, 5) is 43.4. The summed E-state index contributed by atoms with van der Waals surface area (Å²) in [5.41, 5.74) is -2.67. The molecule has 2 amide bonds. The van der Waals surface area contributed by atoms with Gasteiger partial charge in [0.25, 0.3) is 0 Å². The van der Waals surface area contributed by atoms with E-state index in [0.717, 1.165) is 18.4 Å². The molecule has 20 atom stereocenters. The number of piperidine rings is 1. The normalized spacial score (nSPS) is 40.2. The SMILES string of the molecule is CO[C@]1(C)C[C@@H](C)C(=N)[C@H](C)[C@@H](O)[C@](C)(O)[C@@H](I)OC(=O)[C@H](C)C([C@H]2C[C@@](C)(OC)[C@@H](O)[C@H](C)O2)[C@H](C)[C@H]1O[C@@H]1O[C@H](C)C[C@H](N(C)CCC(=O)N[C@H](CF)[C@H](O)c2ccc(C3CCN(C(C)=O)CC3)cc2)[C@H]1O. The van der Waals surface area contributed by atoms with Crippen LogP contribution in [0.2, 0.25) is 0 Å². The molecule has 1 aromatic rings. The smallest absolute Gasteiger partial charge is 0.310 e. The Balaban J connectivity index is 1.38. The van der Waals surface area contributed by atoms with Crippen molar-refractivity contribution < 1.29 is 72.7 Å². The van der Waals surface area contributed by atoms with Gasteiger partial charge in [-0.3, -0.25) is 14.4 Å². The lowest BCUT2D eigenvalue weighted by Crippen LogP contribution is -2.62. The van der Waals surface area contributed by atoms with Crippen LogP contribution in [0.5, 0.6) is 0 Å². The number of cyclic esters (lactones) is 1. The van der Waals surface area contributed by atoms with E-state index in [2.05, 4.69) is 5.32 Å². The van der Waals surface area contributed by atoms with Crippen LogP contribution in [0.15, 0.2) is 24.3 Å². The summed E-state index contributed by atoms with van der Waals surface area (Å²) >= 11 is 1.79. The van der Waals surface area contributed by atoms with E-state index in [-0.39, 0.29) is 43.3 Å². The number of benzene rings is 1. The molecule has 0 radical (unpaired) electrons. The van der Waals surface area contributed by atoms with Crippen molar-refractivity contribution in [3.05, 3.63) is 35.4 Å². The summed E-state index contributed by atoms with van der Waals surface area (Å²) < 4.78 is 51.7. The second-order valence-corrected chi connectivity index (χ2v) is 23.8. The molecular weight excluding hydrogens is 1070 g/mol. The van der Waals surface area contributed by atoms with Crippen molar-refractivity contribution in [2.24, 2.45) is 29.6 Å². The zero-order chi connectivity index (χ0) is 55.4. The van der Waals surface area contributed by atoms with Crippen LogP contribution in [0.1, 0.15) is 131 Å². The zero-order valence-corrected chi connectivity index (χ0v) is 48.0. The standard InChI is InChI=1S/C54H88FIN4O14/c1-28-25-53(9,70-13)48(30(3)42(40-26-52(8,69-12)47(66)33(6)72-40)31(4)49(67)74-51(56)54(10,68)46(65)32(5)43(28)57)73-50-45(64)39(24-29(2)71-50)59(11)21-20-41(62)58-38(27-55)44(63)37-16-14-35(15-17-37)36-18-22-60(23-19-36)34(7)61/h14-17,28-33,36,38-40,42,44-48,50-51,57,63-66,68H,18-27H2,1-13H3,(H,58,62)/t28-,29-,30+,31-,32+,33+,38-,39+,40-,42?,44-,45-,46-,47+,48-,50+,51+,52-,53-,54+/m1/s1. The number of amides is 2. The van der Waals surface area contributed by atoms with E-state index in [1.54, 1.807) is 76.4 Å². The van der Waals surface area contributed by atoms with Gasteiger partial charge in [-0.15, -0.1) is 0 Å². The number of hydrogen-bond acceptors (Lipinski definition) is 16. The molecule has 1 unspecified atom stereocenters. The Morgan fingerprint density at radius 1 is 0.959 bits per heavy atom. The highest BCUT2D eigenvalue weighted by molar-refractivity contribution is 14.1. The summed E-state index contributed by atoms with van der Waals surface area (Å²) in [6, 6.07) is 5.50. The summed E-state index contributed by atoms with van der Waals surface area (Å²) in [5, 5.41) is 70.0. The first kappa shape index (κ1) is 62.4. The molecule has 5 rings (SSSR count). The molecule has 74 heavy (non-hydrogen) atoms. The topological polar surface area (TPSA) is 250 Å². The molecule has 7 N–H and O–H groups in total. The zero-order valence-electron chi connectivity index (χ0n) is 45.8. The van der Waals surface area contributed by atoms with E-state index in [4.69, 9.17) is 28.4 Å². The van der Waals surface area contributed by atoms with E-state index < -0.39 is 136 Å². The third kappa shape index (κ3) is 14.0. The number of halogens is 2. The summed E-state index contributed by atoms with van der Waals surface area (Å²) in [6.07, 6.45) is -7.11. The predicted molar refractivity (Wildman–Crippen MR) is 283 cm³/mol. The lowest BCUT2D eigenvalue weighted by Gasteiger charge is -2.52. The number of likely N-dealkylation sites (N-methyl/N-ethyl adjacent to an activating group) is 1. The van der Waals surface area contributed by atoms with Crippen LogP contribution in [0, 0.1) is 35.0 Å². The van der Waals surface area contributed by atoms with Gasteiger partial charge in [0.2, 0.25) is 11.8 Å². The number of nitrogens with zero attached hydrogens (tertiary/aromatic N) is 2. The molecule has 4 heterocycles. The number of rotatable bonds is 14. The number of aliphatic hydroxyl groups is 5. The van der Waals surface area contributed by atoms with Gasteiger partial charge in [0.1, 0.15) is 30.6 Å². The first-order valence-corrected chi connectivity index (χ1v) is 27.6. The Hall–Kier alpha value is -2.48. The lowest BCUT2D eigenvalue weighted by atomic mass is 9.68. The number of nitrogens with one attached hydrogen (secondary N) is 2. The molecule has 4 saturated heterocycles. The van der Waals surface area contributed by atoms with Crippen LogP contribution >= 0.6 is 22.6 Å². The van der Waals surface area contributed by atoms with Gasteiger partial charge in [-0.2, -0.15) is 0 Å². The maximum Gasteiger partial charge on any atom is 0.310 e. The Morgan fingerprint density at radius 2 is 1.57 bits per heavy atom. The Labute approximate surface area is 451 Å². The van der Waals surface area contributed by atoms with Crippen LogP contribution in [-0.4, -0.2) is 188 Å². The molecule has 20 heteroatoms. The van der Waals surface area contributed by atoms with Crippen molar-refractivity contribution in [3.63, 3.8) is 0 Å². The van der Waals surface area contributed by atoms with Crippen LogP contribution in [-0.2, 0) is 42.8 Å². The summed E-state index contributed by atoms with van der Waals surface area (Å²) in [6.45, 7) is 17.7. The van der Waals surface area contributed by atoms with E-state index in [9.17, 15) is 49.7 Å². The van der Waals surface area contributed by atoms with Crippen molar-refractivity contribution in [1.82, 2.24) is 15.1 Å². The number of esters is 1. The van der Waals surface area contributed by atoms with Crippen LogP contribution in [0.4, 0.5) is 4.39 Å². The maximum absolute atomic E-state index is 14.5. The molecule has 0 spiro atoms. The average Bonchev–Trinajstić information content (AvgIpc) is 3.37. The van der Waals surface area contributed by atoms with Gasteiger partial charge >= 0.3 is 5.97 Å². The first-order chi connectivity index (χ1) is 34.5. The van der Waals surface area contributed by atoms with Crippen LogP contribution < -0.4 is 5.32 Å². The van der Waals surface area contributed by atoms with Crippen molar-refractivity contribution in [3.8, 4) is 0 Å². The molecule has 4 aliphatic rings. The number of aliphatic hydroxyl groups excluding tert-OH is 4. The second-order valence-electron chi connectivity index (χ2n) is 22.7. The fraction of sp³-hybridized carbons (Fsp3) is 0.815. The van der Waals surface area contributed by atoms with Crippen molar-refractivity contribution in [1.29, 1.82) is 5.41 Å². The third-order valence-corrected chi connectivity index (χ3v) is 18.8. The number of ether oxygens (including phenoxy) is 6. The van der Waals surface area contributed by atoms with Crippen LogP contribution in [0.25, 0.3) is 0 Å². The number of hydrogen-bond donors (Lipinski definition) is 7. The van der Waals surface area contributed by atoms with Gasteiger partial charge < -0.3 is 74.5 Å². The molecule has 0 saturated carbocycles. The van der Waals surface area contributed by atoms with E-state index in [1.165, 1.54) is 21.1 Å². The molecule has 4 fully saturated rings. The molecular formula is C54H88FIN4O14. The van der Waals surface area contributed by atoms with E-state index in [1.807, 2.05) is 49.6 Å². The molecule has 422 valence electrons. The van der Waals surface area contributed by atoms with Gasteiger partial charge in [-0.1, -0.05) is 52.0 Å². The minimum Gasteiger partial charge on any atom is -0.448 e. The Bertz CT molecular complexity index is 2040. The van der Waals surface area contributed by atoms with Crippen molar-refractivity contribution in [2.75, 3.05) is 47.6 Å². The average molecular weight is 1160 g/mol.